The maximum atomic E-state index is 15.5. The highest BCUT2D eigenvalue weighted by atomic mass is 32.2. The summed E-state index contributed by atoms with van der Waals surface area (Å²) in [4.78, 5) is 7.13. The molecule has 0 amide bonds. The number of ether oxygens (including phenoxy) is 4. The van der Waals surface area contributed by atoms with Gasteiger partial charge in [-0.1, -0.05) is 24.3 Å². The van der Waals surface area contributed by atoms with Crippen LogP contribution in [0.15, 0.2) is 77.8 Å². The molecule has 2 N–H and O–H groups in total. The van der Waals surface area contributed by atoms with Crippen molar-refractivity contribution in [2.24, 2.45) is 0 Å². The summed E-state index contributed by atoms with van der Waals surface area (Å²) in [6.07, 6.45) is -6.27. The van der Waals surface area contributed by atoms with Crippen LogP contribution in [0.25, 0.3) is 0 Å². The van der Waals surface area contributed by atoms with Gasteiger partial charge in [-0.25, -0.2) is 17.8 Å². The van der Waals surface area contributed by atoms with E-state index in [-0.39, 0.29) is 49.7 Å². The summed E-state index contributed by atoms with van der Waals surface area (Å²) in [5.74, 6) is -1.16. The standard InChI is InChI=1S/C33H34F4N4O7S/c1-45-23-7-3-21(4-8-23)19-41(20-22-5-9-24(46-2)10-6-22)49(43,44)25-11-12-28(27(34)17-25)39-32-38-18-26(33(35,36)37)31(40-32)48-30-14-16-47-15-13-29(30)42/h3-12,17-18,29-30,42H,13-16,19-20H2,1-2H3,(H,38,39,40)/t29-,30+/m0/s1. The molecule has 2 heterocycles. The molecule has 49 heavy (non-hydrogen) atoms. The number of hydrogen-bond donors (Lipinski definition) is 2. The van der Waals surface area contributed by atoms with Crippen LogP contribution in [0.4, 0.5) is 29.2 Å². The molecule has 16 heteroatoms. The van der Waals surface area contributed by atoms with E-state index >= 15 is 4.39 Å². The van der Waals surface area contributed by atoms with Crippen LogP contribution in [-0.2, 0) is 34.0 Å². The minimum absolute atomic E-state index is 0.0516. The summed E-state index contributed by atoms with van der Waals surface area (Å²) in [6.45, 7) is 0.279. The first-order valence-electron chi connectivity index (χ1n) is 15.1. The molecule has 3 aromatic carbocycles. The first-order valence-corrected chi connectivity index (χ1v) is 16.5. The third-order valence-electron chi connectivity index (χ3n) is 7.72. The molecule has 5 rings (SSSR count). The van der Waals surface area contributed by atoms with Crippen molar-refractivity contribution in [1.82, 2.24) is 14.3 Å². The van der Waals surface area contributed by atoms with Gasteiger partial charge in [0, 0.05) is 38.7 Å². The number of aliphatic hydroxyl groups is 1. The fraction of sp³-hybridized carbons (Fsp3) is 0.333. The number of methoxy groups -OCH3 is 2. The molecule has 2 atom stereocenters. The van der Waals surface area contributed by atoms with Crippen LogP contribution < -0.4 is 19.5 Å². The molecule has 4 aromatic rings. The average Bonchev–Trinajstić information content (AvgIpc) is 3.28. The summed E-state index contributed by atoms with van der Waals surface area (Å²) in [7, 11) is -1.28. The smallest absolute Gasteiger partial charge is 0.423 e. The number of nitrogens with one attached hydrogen (secondary N) is 1. The Labute approximate surface area is 280 Å². The van der Waals surface area contributed by atoms with Crippen molar-refractivity contribution in [3.63, 3.8) is 0 Å². The van der Waals surface area contributed by atoms with Crippen LogP contribution >= 0.6 is 0 Å². The van der Waals surface area contributed by atoms with Crippen molar-refractivity contribution < 1.29 is 50.0 Å². The Kier molecular flexibility index (Phi) is 11.2. The lowest BCUT2D eigenvalue weighted by molar-refractivity contribution is -0.140. The Morgan fingerprint density at radius 1 is 0.939 bits per heavy atom. The third-order valence-corrected chi connectivity index (χ3v) is 9.50. The Morgan fingerprint density at radius 3 is 2.08 bits per heavy atom. The Morgan fingerprint density at radius 2 is 1.53 bits per heavy atom. The highest BCUT2D eigenvalue weighted by molar-refractivity contribution is 7.89. The highest BCUT2D eigenvalue weighted by Gasteiger charge is 2.38. The molecule has 0 spiro atoms. The summed E-state index contributed by atoms with van der Waals surface area (Å²) in [5.41, 5.74) is -0.286. The molecular formula is C33H34F4N4O7S. The number of rotatable bonds is 12. The summed E-state index contributed by atoms with van der Waals surface area (Å²) < 4.78 is 107. The average molecular weight is 707 g/mol. The van der Waals surface area contributed by atoms with Gasteiger partial charge in [0.1, 0.15) is 29.0 Å². The van der Waals surface area contributed by atoms with Crippen molar-refractivity contribution in [3.8, 4) is 17.4 Å². The molecule has 0 aliphatic carbocycles. The minimum Gasteiger partial charge on any atom is -0.497 e. The van der Waals surface area contributed by atoms with Gasteiger partial charge in [0.25, 0.3) is 0 Å². The van der Waals surface area contributed by atoms with Gasteiger partial charge < -0.3 is 29.4 Å². The lowest BCUT2D eigenvalue weighted by Crippen LogP contribution is -2.32. The van der Waals surface area contributed by atoms with Crippen molar-refractivity contribution in [1.29, 1.82) is 0 Å². The molecule has 262 valence electrons. The SMILES string of the molecule is COc1ccc(CN(Cc2ccc(OC)cc2)S(=O)(=O)c2ccc(Nc3ncc(C(F)(F)F)c(O[C@@H]4CCOCC[C@@H]4O)n3)c(F)c2)cc1. The van der Waals surface area contributed by atoms with E-state index in [9.17, 15) is 26.7 Å². The number of halogens is 4. The van der Waals surface area contributed by atoms with Crippen LogP contribution in [0.2, 0.25) is 0 Å². The number of alkyl halides is 3. The van der Waals surface area contributed by atoms with Gasteiger partial charge in [-0.15, -0.1) is 0 Å². The maximum absolute atomic E-state index is 15.5. The van der Waals surface area contributed by atoms with Crippen LogP contribution in [0, 0.1) is 5.82 Å². The van der Waals surface area contributed by atoms with Crippen molar-refractivity contribution in [3.05, 3.63) is 95.4 Å². The number of benzene rings is 3. The largest absolute Gasteiger partial charge is 0.497 e. The number of nitrogens with zero attached hydrogens (tertiary/aromatic N) is 3. The lowest BCUT2D eigenvalue weighted by atomic mass is 10.1. The fourth-order valence-corrected chi connectivity index (χ4v) is 6.43. The van der Waals surface area contributed by atoms with Gasteiger partial charge in [0.05, 0.1) is 37.5 Å². The van der Waals surface area contributed by atoms with Crippen LogP contribution in [0.1, 0.15) is 29.5 Å². The molecule has 1 saturated heterocycles. The predicted molar refractivity (Wildman–Crippen MR) is 170 cm³/mol. The Bertz CT molecular complexity index is 1780. The number of anilines is 2. The van der Waals surface area contributed by atoms with E-state index in [1.807, 2.05) is 0 Å². The van der Waals surface area contributed by atoms with E-state index in [1.54, 1.807) is 48.5 Å². The highest BCUT2D eigenvalue weighted by Crippen LogP contribution is 2.37. The van der Waals surface area contributed by atoms with Crippen molar-refractivity contribution in [2.45, 2.75) is 49.2 Å². The molecule has 0 bridgehead atoms. The quantitative estimate of drug-likeness (QED) is 0.177. The number of aliphatic hydroxyl groups excluding tert-OH is 1. The van der Waals surface area contributed by atoms with Gasteiger partial charge in [-0.05, 0) is 53.6 Å². The second kappa shape index (κ2) is 15.4. The van der Waals surface area contributed by atoms with Crippen LogP contribution in [0.3, 0.4) is 0 Å². The van der Waals surface area contributed by atoms with E-state index in [0.29, 0.717) is 28.8 Å². The zero-order valence-corrected chi connectivity index (χ0v) is 27.3. The molecule has 0 unspecified atom stereocenters. The van der Waals surface area contributed by atoms with Gasteiger partial charge in [0.15, 0.2) is 0 Å². The zero-order valence-electron chi connectivity index (χ0n) is 26.5. The second-order valence-electron chi connectivity index (χ2n) is 11.1. The second-order valence-corrected chi connectivity index (χ2v) is 13.0. The first kappa shape index (κ1) is 35.8. The minimum atomic E-state index is -4.88. The molecule has 1 aliphatic rings. The van der Waals surface area contributed by atoms with E-state index in [2.05, 4.69) is 15.3 Å². The third kappa shape index (κ3) is 8.94. The van der Waals surface area contributed by atoms with Gasteiger partial charge in [0.2, 0.25) is 21.9 Å². The number of hydrogen-bond acceptors (Lipinski definition) is 10. The predicted octanol–water partition coefficient (Wildman–Crippen LogP) is 5.71. The normalized spacial score (nSPS) is 17.0. The molecule has 0 saturated carbocycles. The summed E-state index contributed by atoms with van der Waals surface area (Å²) >= 11 is 0. The van der Waals surface area contributed by atoms with E-state index in [1.165, 1.54) is 24.6 Å². The lowest BCUT2D eigenvalue weighted by Gasteiger charge is -2.23. The molecule has 11 nitrogen and oxygen atoms in total. The Hall–Kier alpha value is -4.51. The van der Waals surface area contributed by atoms with Crippen molar-refractivity contribution in [2.75, 3.05) is 32.8 Å². The molecule has 0 radical (unpaired) electrons. The van der Waals surface area contributed by atoms with Crippen molar-refractivity contribution >= 4 is 21.7 Å². The van der Waals surface area contributed by atoms with E-state index in [0.717, 1.165) is 12.1 Å². The van der Waals surface area contributed by atoms with Gasteiger partial charge >= 0.3 is 6.18 Å². The number of aromatic nitrogens is 2. The fourth-order valence-electron chi connectivity index (χ4n) is 5.00. The van der Waals surface area contributed by atoms with Crippen LogP contribution in [0.5, 0.6) is 17.4 Å². The van der Waals surface area contributed by atoms with E-state index in [4.69, 9.17) is 18.9 Å². The topological polar surface area (TPSA) is 132 Å². The molecule has 1 aliphatic heterocycles. The molecule has 1 fully saturated rings. The monoisotopic (exact) mass is 706 g/mol. The molecular weight excluding hydrogens is 672 g/mol. The van der Waals surface area contributed by atoms with Crippen LogP contribution in [-0.4, -0.2) is 67.4 Å². The Balaban J connectivity index is 1.41. The summed E-state index contributed by atoms with van der Waals surface area (Å²) in [6, 6.07) is 16.7. The zero-order chi connectivity index (χ0) is 35.2. The maximum Gasteiger partial charge on any atom is 0.423 e. The van der Waals surface area contributed by atoms with E-state index < -0.39 is 51.6 Å². The van der Waals surface area contributed by atoms with Gasteiger partial charge in [-0.3, -0.25) is 0 Å². The number of sulfonamides is 1. The first-order chi connectivity index (χ1) is 23.4. The van der Waals surface area contributed by atoms with Gasteiger partial charge in [-0.2, -0.15) is 22.5 Å². The summed E-state index contributed by atoms with van der Waals surface area (Å²) in [5, 5.41) is 12.8. The molecule has 1 aromatic heterocycles.